The fourth-order valence-corrected chi connectivity index (χ4v) is 3.58. The number of aliphatic hydroxyl groups is 1. The number of carbonyl (C=O) groups is 1. The molecule has 2 fully saturated rings. The second-order valence-electron chi connectivity index (χ2n) is 7.34. The van der Waals surface area contributed by atoms with Gasteiger partial charge in [-0.1, -0.05) is 39.5 Å². The maximum absolute atomic E-state index is 12.4. The van der Waals surface area contributed by atoms with E-state index in [1.165, 1.54) is 12.8 Å². The van der Waals surface area contributed by atoms with E-state index in [4.69, 9.17) is 0 Å². The van der Waals surface area contributed by atoms with Crippen molar-refractivity contribution >= 4 is 5.91 Å². The minimum absolute atomic E-state index is 0.00555. The molecule has 1 saturated carbocycles. The molecule has 2 rings (SSSR count). The summed E-state index contributed by atoms with van der Waals surface area (Å²) in [4.78, 5) is 12.4. The molecule has 2 aliphatic rings. The van der Waals surface area contributed by atoms with Crippen LogP contribution in [-0.4, -0.2) is 35.7 Å². The van der Waals surface area contributed by atoms with Crippen LogP contribution < -0.4 is 10.6 Å². The van der Waals surface area contributed by atoms with Gasteiger partial charge in [0.2, 0.25) is 5.91 Å². The Balaban J connectivity index is 1.87. The molecule has 1 amide bonds. The third-order valence-corrected chi connectivity index (χ3v) is 5.02. The molecule has 0 bridgehead atoms. The van der Waals surface area contributed by atoms with Gasteiger partial charge in [-0.2, -0.15) is 0 Å². The number of rotatable bonds is 3. The lowest BCUT2D eigenvalue weighted by atomic mass is 9.77. The van der Waals surface area contributed by atoms with Crippen LogP contribution in [0.3, 0.4) is 0 Å². The van der Waals surface area contributed by atoms with Crippen molar-refractivity contribution in [3.05, 3.63) is 0 Å². The van der Waals surface area contributed by atoms with E-state index in [-0.39, 0.29) is 17.4 Å². The summed E-state index contributed by atoms with van der Waals surface area (Å²) in [5, 5.41) is 16.9. The molecule has 0 aromatic heterocycles. The van der Waals surface area contributed by atoms with Crippen molar-refractivity contribution in [1.29, 1.82) is 0 Å². The fourth-order valence-electron chi connectivity index (χ4n) is 3.58. The van der Waals surface area contributed by atoms with Crippen LogP contribution in [0.1, 0.15) is 65.2 Å². The number of carbonyl (C=O) groups excluding carboxylic acids is 1. The first-order valence-electron chi connectivity index (χ1n) is 8.17. The first-order valence-corrected chi connectivity index (χ1v) is 8.17. The van der Waals surface area contributed by atoms with Crippen LogP contribution in [-0.2, 0) is 4.79 Å². The van der Waals surface area contributed by atoms with Gasteiger partial charge in [-0.15, -0.1) is 0 Å². The molecule has 0 spiro atoms. The Morgan fingerprint density at radius 3 is 2.40 bits per heavy atom. The SMILES string of the molecule is CC1(C)CCCNC1C(=O)NCC1(O)CCCCCC1. The van der Waals surface area contributed by atoms with Crippen LogP contribution in [0.25, 0.3) is 0 Å². The Labute approximate surface area is 122 Å². The van der Waals surface area contributed by atoms with E-state index >= 15 is 0 Å². The topological polar surface area (TPSA) is 61.4 Å². The second-order valence-corrected chi connectivity index (χ2v) is 7.34. The highest BCUT2D eigenvalue weighted by Crippen LogP contribution is 2.30. The number of hydrogen-bond acceptors (Lipinski definition) is 3. The standard InChI is InChI=1S/C16H30N2O2/c1-15(2)8-7-11-17-13(15)14(19)18-12-16(20)9-5-3-4-6-10-16/h13,17,20H,3-12H2,1-2H3,(H,18,19). The third kappa shape index (κ3) is 3.95. The molecule has 20 heavy (non-hydrogen) atoms. The lowest BCUT2D eigenvalue weighted by Crippen LogP contribution is -2.57. The molecule has 1 heterocycles. The normalized spacial score (nSPS) is 29.4. The summed E-state index contributed by atoms with van der Waals surface area (Å²) in [5.74, 6) is 0.0485. The van der Waals surface area contributed by atoms with Gasteiger partial charge in [0.1, 0.15) is 0 Å². The Bertz CT molecular complexity index is 333. The monoisotopic (exact) mass is 282 g/mol. The summed E-state index contributed by atoms with van der Waals surface area (Å²) in [6, 6.07) is -0.134. The van der Waals surface area contributed by atoms with E-state index in [1.54, 1.807) is 0 Å². The molecular formula is C16H30N2O2. The van der Waals surface area contributed by atoms with Gasteiger partial charge >= 0.3 is 0 Å². The van der Waals surface area contributed by atoms with Gasteiger partial charge in [-0.3, -0.25) is 4.79 Å². The van der Waals surface area contributed by atoms with Crippen LogP contribution in [0, 0.1) is 5.41 Å². The lowest BCUT2D eigenvalue weighted by Gasteiger charge is -2.39. The highest BCUT2D eigenvalue weighted by atomic mass is 16.3. The van der Waals surface area contributed by atoms with Gasteiger partial charge in [0.25, 0.3) is 0 Å². The zero-order chi connectivity index (χ0) is 14.6. The third-order valence-electron chi connectivity index (χ3n) is 5.02. The van der Waals surface area contributed by atoms with Gasteiger partial charge in [0, 0.05) is 6.54 Å². The average molecular weight is 282 g/mol. The molecule has 0 radical (unpaired) electrons. The van der Waals surface area contributed by atoms with E-state index in [1.807, 2.05) is 0 Å². The number of hydrogen-bond donors (Lipinski definition) is 3. The summed E-state index contributed by atoms with van der Waals surface area (Å²) in [6.45, 7) is 5.60. The van der Waals surface area contributed by atoms with Crippen molar-refractivity contribution in [3.8, 4) is 0 Å². The highest BCUT2D eigenvalue weighted by molar-refractivity contribution is 5.82. The maximum Gasteiger partial charge on any atom is 0.237 e. The molecule has 4 heteroatoms. The molecule has 1 aliphatic heterocycles. The summed E-state index contributed by atoms with van der Waals surface area (Å²) in [6.07, 6.45) is 8.37. The summed E-state index contributed by atoms with van der Waals surface area (Å²) in [7, 11) is 0. The van der Waals surface area contributed by atoms with Crippen LogP contribution >= 0.6 is 0 Å². The Morgan fingerprint density at radius 1 is 1.15 bits per heavy atom. The lowest BCUT2D eigenvalue weighted by molar-refractivity contribution is -0.128. The van der Waals surface area contributed by atoms with E-state index < -0.39 is 5.60 Å². The number of amides is 1. The zero-order valence-corrected chi connectivity index (χ0v) is 13.0. The van der Waals surface area contributed by atoms with Crippen molar-refractivity contribution in [2.45, 2.75) is 76.9 Å². The zero-order valence-electron chi connectivity index (χ0n) is 13.0. The largest absolute Gasteiger partial charge is 0.388 e. The minimum atomic E-state index is -0.690. The van der Waals surface area contributed by atoms with Crippen LogP contribution in [0.15, 0.2) is 0 Å². The van der Waals surface area contributed by atoms with Crippen molar-refractivity contribution in [2.75, 3.05) is 13.1 Å². The fraction of sp³-hybridized carbons (Fsp3) is 0.938. The molecule has 0 aromatic rings. The highest BCUT2D eigenvalue weighted by Gasteiger charge is 2.38. The van der Waals surface area contributed by atoms with Crippen LogP contribution in [0.5, 0.6) is 0 Å². The summed E-state index contributed by atoms with van der Waals surface area (Å²) >= 11 is 0. The van der Waals surface area contributed by atoms with Crippen molar-refractivity contribution in [2.24, 2.45) is 5.41 Å². The summed E-state index contributed by atoms with van der Waals surface area (Å²) in [5.41, 5.74) is -0.695. The van der Waals surface area contributed by atoms with Gasteiger partial charge in [-0.05, 0) is 37.6 Å². The second kappa shape index (κ2) is 6.44. The Morgan fingerprint density at radius 2 is 1.80 bits per heavy atom. The molecule has 0 aromatic carbocycles. The predicted molar refractivity (Wildman–Crippen MR) is 80.5 cm³/mol. The maximum atomic E-state index is 12.4. The van der Waals surface area contributed by atoms with Gasteiger partial charge in [-0.25, -0.2) is 0 Å². The van der Waals surface area contributed by atoms with Gasteiger partial charge in [0.05, 0.1) is 11.6 Å². The molecule has 4 nitrogen and oxygen atoms in total. The van der Waals surface area contributed by atoms with Crippen molar-refractivity contribution in [3.63, 3.8) is 0 Å². The predicted octanol–water partition coefficient (Wildman–Crippen LogP) is 1.97. The summed E-state index contributed by atoms with van der Waals surface area (Å²) < 4.78 is 0. The number of piperidine rings is 1. The van der Waals surface area contributed by atoms with E-state index in [0.29, 0.717) is 6.54 Å². The van der Waals surface area contributed by atoms with E-state index in [2.05, 4.69) is 24.5 Å². The molecule has 1 saturated heterocycles. The van der Waals surface area contributed by atoms with E-state index in [9.17, 15) is 9.90 Å². The first-order chi connectivity index (χ1) is 9.43. The molecule has 116 valence electrons. The van der Waals surface area contributed by atoms with Crippen LogP contribution in [0.2, 0.25) is 0 Å². The first kappa shape index (κ1) is 15.8. The smallest absolute Gasteiger partial charge is 0.237 e. The Kier molecular flexibility index (Phi) is 5.08. The molecular weight excluding hydrogens is 252 g/mol. The van der Waals surface area contributed by atoms with E-state index in [0.717, 1.165) is 45.1 Å². The van der Waals surface area contributed by atoms with Gasteiger partial charge in [0.15, 0.2) is 0 Å². The van der Waals surface area contributed by atoms with Crippen LogP contribution in [0.4, 0.5) is 0 Å². The molecule has 1 atom stereocenters. The minimum Gasteiger partial charge on any atom is -0.388 e. The van der Waals surface area contributed by atoms with Gasteiger partial charge < -0.3 is 15.7 Å². The molecule has 3 N–H and O–H groups in total. The Hall–Kier alpha value is -0.610. The van der Waals surface area contributed by atoms with Crippen molar-refractivity contribution in [1.82, 2.24) is 10.6 Å². The van der Waals surface area contributed by atoms with Crippen molar-refractivity contribution < 1.29 is 9.90 Å². The average Bonchev–Trinajstić information content (AvgIpc) is 2.61. The molecule has 1 aliphatic carbocycles. The molecule has 1 unspecified atom stereocenters. The number of nitrogens with one attached hydrogen (secondary N) is 2. The quantitative estimate of drug-likeness (QED) is 0.694.